The molecule has 0 fully saturated rings. The number of aryl methyl sites for hydroxylation is 3. The van der Waals surface area contributed by atoms with Crippen molar-refractivity contribution in [3.05, 3.63) is 70.8 Å². The summed E-state index contributed by atoms with van der Waals surface area (Å²) >= 11 is 0. The lowest BCUT2D eigenvalue weighted by Crippen LogP contribution is -2.04. The molecule has 0 heterocycles. The fourth-order valence-electron chi connectivity index (χ4n) is 2.16. The Morgan fingerprint density at radius 3 is 2.32 bits per heavy atom. The maximum Gasteiger partial charge on any atom is 0.137 e. The van der Waals surface area contributed by atoms with Crippen LogP contribution in [0.4, 0.5) is 0 Å². The van der Waals surface area contributed by atoms with Crippen LogP contribution >= 0.6 is 0 Å². The van der Waals surface area contributed by atoms with Crippen LogP contribution in [0.15, 0.2) is 48.5 Å². The molecule has 2 aromatic carbocycles. The fraction of sp³-hybridized carbons (Fsp3) is 0.278. The minimum absolute atomic E-state index is 0.312. The summed E-state index contributed by atoms with van der Waals surface area (Å²) < 4.78 is 0. The van der Waals surface area contributed by atoms with E-state index in [9.17, 15) is 4.79 Å². The topological polar surface area (TPSA) is 17.1 Å². The number of Topliss-reactive ketones (excluding diaryl/α,β-unsaturated/α-hetero) is 1. The van der Waals surface area contributed by atoms with Crippen LogP contribution in [0.5, 0.6) is 0 Å². The van der Waals surface area contributed by atoms with E-state index in [2.05, 4.69) is 44.2 Å². The average Bonchev–Trinajstić information content (AvgIpc) is 2.42. The molecular formula is C18H20O. The van der Waals surface area contributed by atoms with Gasteiger partial charge in [0, 0.05) is 12.8 Å². The zero-order valence-electron chi connectivity index (χ0n) is 11.6. The molecule has 0 saturated carbocycles. The van der Waals surface area contributed by atoms with E-state index in [1.54, 1.807) is 0 Å². The highest BCUT2D eigenvalue weighted by molar-refractivity contribution is 5.81. The van der Waals surface area contributed by atoms with Crippen molar-refractivity contribution < 1.29 is 4.79 Å². The van der Waals surface area contributed by atoms with Gasteiger partial charge in [-0.15, -0.1) is 0 Å². The molecule has 0 unspecified atom stereocenters. The third-order valence-corrected chi connectivity index (χ3v) is 3.51. The molecule has 2 aromatic rings. The van der Waals surface area contributed by atoms with Gasteiger partial charge < -0.3 is 0 Å². The Morgan fingerprint density at radius 1 is 0.895 bits per heavy atom. The van der Waals surface area contributed by atoms with E-state index < -0.39 is 0 Å². The smallest absolute Gasteiger partial charge is 0.137 e. The molecule has 0 saturated heterocycles. The zero-order chi connectivity index (χ0) is 13.7. The Morgan fingerprint density at radius 2 is 1.63 bits per heavy atom. The van der Waals surface area contributed by atoms with Gasteiger partial charge in [0.15, 0.2) is 0 Å². The maximum atomic E-state index is 12.0. The third kappa shape index (κ3) is 4.06. The number of hydrogen-bond donors (Lipinski definition) is 0. The normalized spacial score (nSPS) is 10.4. The van der Waals surface area contributed by atoms with E-state index in [1.807, 2.05) is 18.2 Å². The molecule has 0 aromatic heterocycles. The molecule has 0 spiro atoms. The quantitative estimate of drug-likeness (QED) is 0.784. The van der Waals surface area contributed by atoms with Gasteiger partial charge in [-0.25, -0.2) is 0 Å². The van der Waals surface area contributed by atoms with E-state index in [4.69, 9.17) is 0 Å². The Hall–Kier alpha value is -1.89. The number of carbonyl (C=O) groups is 1. The SMILES string of the molecule is Cc1ccc(CC(=O)CCc2ccccc2)cc1C. The van der Waals surface area contributed by atoms with Crippen molar-refractivity contribution in [1.29, 1.82) is 0 Å². The van der Waals surface area contributed by atoms with Crippen LogP contribution in [0.1, 0.15) is 28.7 Å². The molecule has 1 nitrogen and oxygen atoms in total. The van der Waals surface area contributed by atoms with Gasteiger partial charge >= 0.3 is 0 Å². The summed E-state index contributed by atoms with van der Waals surface area (Å²) in [6.45, 7) is 4.18. The first-order chi connectivity index (χ1) is 9.15. The van der Waals surface area contributed by atoms with Crippen molar-refractivity contribution in [3.63, 3.8) is 0 Å². The number of ketones is 1. The molecule has 0 aliphatic carbocycles. The minimum atomic E-state index is 0.312. The summed E-state index contributed by atoms with van der Waals surface area (Å²) in [5.74, 6) is 0.312. The standard InChI is InChI=1S/C18H20O/c1-14-8-9-17(12-15(14)2)13-18(19)11-10-16-6-4-3-5-7-16/h3-9,12H,10-11,13H2,1-2H3. The second kappa shape index (κ2) is 6.33. The number of hydrogen-bond acceptors (Lipinski definition) is 1. The molecule has 0 atom stereocenters. The van der Waals surface area contributed by atoms with Crippen LogP contribution in [0, 0.1) is 13.8 Å². The molecule has 0 amide bonds. The summed E-state index contributed by atoms with van der Waals surface area (Å²) in [7, 11) is 0. The first-order valence-electron chi connectivity index (χ1n) is 6.77. The molecule has 0 aliphatic rings. The van der Waals surface area contributed by atoms with Gasteiger partial charge in [-0.3, -0.25) is 4.79 Å². The molecule has 2 rings (SSSR count). The summed E-state index contributed by atoms with van der Waals surface area (Å²) in [5, 5.41) is 0. The van der Waals surface area contributed by atoms with Crippen molar-refractivity contribution in [2.24, 2.45) is 0 Å². The van der Waals surface area contributed by atoms with E-state index in [0.717, 1.165) is 12.0 Å². The van der Waals surface area contributed by atoms with Crippen molar-refractivity contribution in [1.82, 2.24) is 0 Å². The van der Waals surface area contributed by atoms with Crippen LogP contribution in [0.2, 0.25) is 0 Å². The summed E-state index contributed by atoms with van der Waals surface area (Å²) in [6.07, 6.45) is 2.01. The number of rotatable bonds is 5. The van der Waals surface area contributed by atoms with Crippen molar-refractivity contribution >= 4 is 5.78 Å². The van der Waals surface area contributed by atoms with Gasteiger partial charge in [0.1, 0.15) is 5.78 Å². The summed E-state index contributed by atoms with van der Waals surface area (Å²) in [6, 6.07) is 16.5. The minimum Gasteiger partial charge on any atom is -0.299 e. The summed E-state index contributed by atoms with van der Waals surface area (Å²) in [4.78, 5) is 12.0. The molecular weight excluding hydrogens is 232 g/mol. The Balaban J connectivity index is 1.89. The number of benzene rings is 2. The van der Waals surface area contributed by atoms with Crippen LogP contribution < -0.4 is 0 Å². The van der Waals surface area contributed by atoms with E-state index in [1.165, 1.54) is 16.7 Å². The lowest BCUT2D eigenvalue weighted by atomic mass is 10.00. The maximum absolute atomic E-state index is 12.0. The van der Waals surface area contributed by atoms with Gasteiger partial charge in [-0.1, -0.05) is 48.5 Å². The predicted octanol–water partition coefficient (Wildman–Crippen LogP) is 4.05. The highest BCUT2D eigenvalue weighted by Gasteiger charge is 2.05. The third-order valence-electron chi connectivity index (χ3n) is 3.51. The van der Waals surface area contributed by atoms with Gasteiger partial charge in [0.2, 0.25) is 0 Å². The van der Waals surface area contributed by atoms with E-state index >= 15 is 0 Å². The largest absolute Gasteiger partial charge is 0.299 e. The molecule has 0 N–H and O–H groups in total. The van der Waals surface area contributed by atoms with Crippen LogP contribution in [-0.2, 0) is 17.6 Å². The van der Waals surface area contributed by atoms with Crippen molar-refractivity contribution in [2.45, 2.75) is 33.1 Å². The molecule has 1 heteroatoms. The highest BCUT2D eigenvalue weighted by atomic mass is 16.1. The highest BCUT2D eigenvalue weighted by Crippen LogP contribution is 2.12. The van der Waals surface area contributed by atoms with Crippen LogP contribution in [0.3, 0.4) is 0 Å². The Bertz CT molecular complexity index is 555. The zero-order valence-corrected chi connectivity index (χ0v) is 11.6. The molecule has 19 heavy (non-hydrogen) atoms. The molecule has 98 valence electrons. The number of carbonyl (C=O) groups excluding carboxylic acids is 1. The van der Waals surface area contributed by atoms with Gasteiger partial charge in [0.25, 0.3) is 0 Å². The van der Waals surface area contributed by atoms with E-state index in [0.29, 0.717) is 18.6 Å². The first-order valence-corrected chi connectivity index (χ1v) is 6.77. The Kier molecular flexibility index (Phi) is 4.51. The molecule has 0 radical (unpaired) electrons. The van der Waals surface area contributed by atoms with Gasteiger partial charge in [-0.2, -0.15) is 0 Å². The van der Waals surface area contributed by atoms with Gasteiger partial charge in [-0.05, 0) is 42.5 Å². The lowest BCUT2D eigenvalue weighted by Gasteiger charge is -2.05. The first kappa shape index (κ1) is 13.5. The molecule has 0 bridgehead atoms. The second-order valence-corrected chi connectivity index (χ2v) is 5.12. The van der Waals surface area contributed by atoms with Crippen LogP contribution in [-0.4, -0.2) is 5.78 Å². The fourth-order valence-corrected chi connectivity index (χ4v) is 2.16. The predicted molar refractivity (Wildman–Crippen MR) is 79.4 cm³/mol. The lowest BCUT2D eigenvalue weighted by molar-refractivity contribution is -0.118. The average molecular weight is 252 g/mol. The Labute approximate surface area is 115 Å². The monoisotopic (exact) mass is 252 g/mol. The van der Waals surface area contributed by atoms with E-state index in [-0.39, 0.29) is 0 Å². The summed E-state index contributed by atoms with van der Waals surface area (Å²) in [5.41, 5.74) is 4.89. The van der Waals surface area contributed by atoms with Crippen molar-refractivity contribution in [3.8, 4) is 0 Å². The second-order valence-electron chi connectivity index (χ2n) is 5.12. The molecule has 0 aliphatic heterocycles. The van der Waals surface area contributed by atoms with Crippen LogP contribution in [0.25, 0.3) is 0 Å². The van der Waals surface area contributed by atoms with Crippen molar-refractivity contribution in [2.75, 3.05) is 0 Å². The van der Waals surface area contributed by atoms with Gasteiger partial charge in [0.05, 0.1) is 0 Å².